The maximum atomic E-state index is 12.7. The number of hydrogen-bond donors (Lipinski definition) is 1. The summed E-state index contributed by atoms with van der Waals surface area (Å²) in [5.41, 5.74) is -6.43. The van der Waals surface area contributed by atoms with Gasteiger partial charge in [-0.3, -0.25) is 0 Å². The molecule has 1 N–H and O–H groups in total. The molecule has 0 fully saturated rings. The summed E-state index contributed by atoms with van der Waals surface area (Å²) in [5, 5.41) is 2.75. The highest BCUT2D eigenvalue weighted by Crippen LogP contribution is 2.35. The van der Waals surface area contributed by atoms with E-state index in [0.29, 0.717) is 6.42 Å². The Morgan fingerprint density at radius 1 is 1.14 bits per heavy atom. The number of para-hydroxylation sites is 1. The summed E-state index contributed by atoms with van der Waals surface area (Å²) in [6.45, 7) is 1.75. The fourth-order valence-corrected chi connectivity index (χ4v) is 3.31. The van der Waals surface area contributed by atoms with Gasteiger partial charge in [-0.05, 0) is 18.6 Å². The standard InChI is InChI=1S/C12H14Cl2F3NO2S/c1-2-11(7-13,8-14)18-9-5-3-4-6-10(9)21(19,20)12(15,16)17/h3-6,18H,2,7-8H2,1H3. The lowest BCUT2D eigenvalue weighted by Crippen LogP contribution is -2.42. The zero-order chi connectivity index (χ0) is 16.3. The maximum Gasteiger partial charge on any atom is 0.501 e. The number of nitrogens with one attached hydrogen (secondary N) is 1. The first-order valence-electron chi connectivity index (χ1n) is 5.94. The molecule has 0 saturated heterocycles. The van der Waals surface area contributed by atoms with E-state index in [2.05, 4.69) is 5.32 Å². The van der Waals surface area contributed by atoms with E-state index in [1.807, 2.05) is 0 Å². The molecule has 0 aliphatic rings. The Labute approximate surface area is 131 Å². The second kappa shape index (κ2) is 6.62. The van der Waals surface area contributed by atoms with Crippen molar-refractivity contribution < 1.29 is 21.6 Å². The van der Waals surface area contributed by atoms with Gasteiger partial charge >= 0.3 is 5.51 Å². The van der Waals surface area contributed by atoms with E-state index in [1.165, 1.54) is 18.2 Å². The van der Waals surface area contributed by atoms with Crippen molar-refractivity contribution in [2.45, 2.75) is 29.3 Å². The number of hydrogen-bond acceptors (Lipinski definition) is 3. The molecule has 3 nitrogen and oxygen atoms in total. The number of sulfone groups is 1. The van der Waals surface area contributed by atoms with Gasteiger partial charge in [0.2, 0.25) is 0 Å². The van der Waals surface area contributed by atoms with E-state index in [-0.39, 0.29) is 17.4 Å². The van der Waals surface area contributed by atoms with E-state index in [4.69, 9.17) is 23.2 Å². The van der Waals surface area contributed by atoms with Crippen LogP contribution >= 0.6 is 23.2 Å². The van der Waals surface area contributed by atoms with Crippen LogP contribution in [0.25, 0.3) is 0 Å². The second-order valence-corrected chi connectivity index (χ2v) is 6.92. The third-order valence-corrected chi connectivity index (χ3v) is 5.64. The first-order valence-corrected chi connectivity index (χ1v) is 8.49. The molecule has 0 amide bonds. The average Bonchev–Trinajstić information content (AvgIpc) is 2.44. The Morgan fingerprint density at radius 3 is 2.10 bits per heavy atom. The smallest absolute Gasteiger partial charge is 0.376 e. The zero-order valence-electron chi connectivity index (χ0n) is 11.0. The fraction of sp³-hybridized carbons (Fsp3) is 0.500. The molecule has 0 bridgehead atoms. The van der Waals surface area contributed by atoms with Crippen molar-refractivity contribution in [2.75, 3.05) is 17.1 Å². The van der Waals surface area contributed by atoms with Crippen LogP contribution in [-0.4, -0.2) is 31.2 Å². The summed E-state index contributed by atoms with van der Waals surface area (Å²) in [6, 6.07) is 4.80. The number of rotatable bonds is 6. The lowest BCUT2D eigenvalue weighted by Gasteiger charge is -2.31. The Balaban J connectivity index is 3.36. The van der Waals surface area contributed by atoms with Gasteiger partial charge < -0.3 is 5.32 Å². The van der Waals surface area contributed by atoms with Crippen LogP contribution in [0.3, 0.4) is 0 Å². The van der Waals surface area contributed by atoms with Crippen molar-refractivity contribution in [1.82, 2.24) is 0 Å². The molecule has 21 heavy (non-hydrogen) atoms. The molecule has 0 aromatic heterocycles. The van der Waals surface area contributed by atoms with Crippen molar-refractivity contribution in [1.29, 1.82) is 0 Å². The Hall–Kier alpha value is -0.660. The zero-order valence-corrected chi connectivity index (χ0v) is 13.4. The minimum atomic E-state index is -5.45. The maximum absolute atomic E-state index is 12.7. The van der Waals surface area contributed by atoms with Crippen LogP contribution in [-0.2, 0) is 9.84 Å². The fourth-order valence-electron chi connectivity index (χ4n) is 1.59. The van der Waals surface area contributed by atoms with Crippen LogP contribution in [0.2, 0.25) is 0 Å². The van der Waals surface area contributed by atoms with Gasteiger partial charge in [0.15, 0.2) is 0 Å². The van der Waals surface area contributed by atoms with Gasteiger partial charge in [0.25, 0.3) is 9.84 Å². The molecule has 0 radical (unpaired) electrons. The van der Waals surface area contributed by atoms with Crippen molar-refractivity contribution in [2.24, 2.45) is 0 Å². The molecule has 1 aromatic rings. The highest BCUT2D eigenvalue weighted by Gasteiger charge is 2.48. The van der Waals surface area contributed by atoms with Crippen molar-refractivity contribution >= 4 is 38.7 Å². The minimum Gasteiger partial charge on any atom is -0.376 e. The SMILES string of the molecule is CCC(CCl)(CCl)Nc1ccccc1S(=O)(=O)C(F)(F)F. The number of halogens is 5. The van der Waals surface area contributed by atoms with Gasteiger partial charge in [-0.15, -0.1) is 23.2 Å². The van der Waals surface area contributed by atoms with E-state index in [0.717, 1.165) is 6.07 Å². The van der Waals surface area contributed by atoms with Gasteiger partial charge in [0.1, 0.15) is 0 Å². The first-order chi connectivity index (χ1) is 9.63. The summed E-state index contributed by atoms with van der Waals surface area (Å²) >= 11 is 11.6. The summed E-state index contributed by atoms with van der Waals surface area (Å²) in [7, 11) is -5.45. The average molecular weight is 364 g/mol. The van der Waals surface area contributed by atoms with Crippen LogP contribution < -0.4 is 5.32 Å². The summed E-state index contributed by atoms with van der Waals surface area (Å²) in [5.74, 6) is 0.0425. The van der Waals surface area contributed by atoms with E-state index in [1.54, 1.807) is 6.92 Å². The number of alkyl halides is 5. The minimum absolute atomic E-state index is 0.0212. The van der Waals surface area contributed by atoms with Gasteiger partial charge in [0.05, 0.1) is 16.1 Å². The van der Waals surface area contributed by atoms with Gasteiger partial charge in [0, 0.05) is 11.8 Å². The normalized spacial score (nSPS) is 13.2. The van der Waals surface area contributed by atoms with Crippen LogP contribution in [0, 0.1) is 0 Å². The van der Waals surface area contributed by atoms with E-state index < -0.39 is 25.8 Å². The molecule has 0 saturated carbocycles. The van der Waals surface area contributed by atoms with Crippen LogP contribution in [0.1, 0.15) is 13.3 Å². The molecule has 9 heteroatoms. The molecule has 0 atom stereocenters. The van der Waals surface area contributed by atoms with Gasteiger partial charge in [-0.25, -0.2) is 8.42 Å². The predicted molar refractivity (Wildman–Crippen MR) is 77.8 cm³/mol. The Morgan fingerprint density at radius 2 is 1.67 bits per heavy atom. The Kier molecular flexibility index (Phi) is 5.80. The second-order valence-electron chi connectivity index (χ2n) is 4.47. The highest BCUT2D eigenvalue weighted by atomic mass is 35.5. The molecule has 0 aliphatic carbocycles. The van der Waals surface area contributed by atoms with E-state index in [9.17, 15) is 21.6 Å². The van der Waals surface area contributed by atoms with Crippen LogP contribution in [0.4, 0.5) is 18.9 Å². The van der Waals surface area contributed by atoms with E-state index >= 15 is 0 Å². The molecule has 1 rings (SSSR count). The molecule has 0 aliphatic heterocycles. The summed E-state index contributed by atoms with van der Waals surface area (Å²) in [6.07, 6.45) is 0.417. The Bertz CT molecular complexity index is 578. The summed E-state index contributed by atoms with van der Waals surface area (Å²) < 4.78 is 61.3. The monoisotopic (exact) mass is 363 g/mol. The summed E-state index contributed by atoms with van der Waals surface area (Å²) in [4.78, 5) is -0.842. The topological polar surface area (TPSA) is 46.2 Å². The molecule has 0 unspecified atom stereocenters. The molecular weight excluding hydrogens is 350 g/mol. The van der Waals surface area contributed by atoms with Crippen molar-refractivity contribution in [3.8, 4) is 0 Å². The number of anilines is 1. The highest BCUT2D eigenvalue weighted by molar-refractivity contribution is 7.92. The lowest BCUT2D eigenvalue weighted by atomic mass is 10.0. The van der Waals surface area contributed by atoms with Crippen LogP contribution in [0.15, 0.2) is 29.2 Å². The molecule has 1 aromatic carbocycles. The largest absolute Gasteiger partial charge is 0.501 e. The quantitative estimate of drug-likeness (QED) is 0.776. The molecule has 120 valence electrons. The van der Waals surface area contributed by atoms with Crippen molar-refractivity contribution in [3.05, 3.63) is 24.3 Å². The molecular formula is C12H14Cl2F3NO2S. The predicted octanol–water partition coefficient (Wildman–Crippen LogP) is 4.02. The van der Waals surface area contributed by atoms with Gasteiger partial charge in [-0.2, -0.15) is 13.2 Å². The first kappa shape index (κ1) is 18.4. The third kappa shape index (κ3) is 3.76. The number of benzene rings is 1. The van der Waals surface area contributed by atoms with Crippen molar-refractivity contribution in [3.63, 3.8) is 0 Å². The van der Waals surface area contributed by atoms with Crippen LogP contribution in [0.5, 0.6) is 0 Å². The van der Waals surface area contributed by atoms with Gasteiger partial charge in [-0.1, -0.05) is 19.1 Å². The molecule has 0 heterocycles. The third-order valence-electron chi connectivity index (χ3n) is 3.07. The lowest BCUT2D eigenvalue weighted by molar-refractivity contribution is -0.0435. The molecule has 0 spiro atoms.